The van der Waals surface area contributed by atoms with Gasteiger partial charge < -0.3 is 9.47 Å². The van der Waals surface area contributed by atoms with Crippen LogP contribution in [-0.4, -0.2) is 18.7 Å². The van der Waals surface area contributed by atoms with Crippen LogP contribution in [0.3, 0.4) is 0 Å². The van der Waals surface area contributed by atoms with Crippen LogP contribution in [0.1, 0.15) is 11.1 Å². The van der Waals surface area contributed by atoms with Gasteiger partial charge in [-0.3, -0.25) is 0 Å². The molecule has 0 aliphatic rings. The first-order valence-electron chi connectivity index (χ1n) is 6.07. The van der Waals surface area contributed by atoms with Crippen molar-refractivity contribution in [1.82, 2.24) is 4.98 Å². The molecule has 0 saturated heterocycles. The van der Waals surface area contributed by atoms with Gasteiger partial charge >= 0.3 is 0 Å². The standard InChI is InChI=1S/C15H16ClNO2/c1-11-10-17-15(16)9-14(11)19-13-5-3-12(4-6-13)7-8-18-2/h3-6,9-10H,7-8H2,1-2H3. The van der Waals surface area contributed by atoms with Crippen molar-refractivity contribution >= 4 is 11.6 Å². The fourth-order valence-electron chi connectivity index (χ4n) is 1.66. The van der Waals surface area contributed by atoms with E-state index >= 15 is 0 Å². The quantitative estimate of drug-likeness (QED) is 0.774. The van der Waals surface area contributed by atoms with Gasteiger partial charge in [0.2, 0.25) is 0 Å². The van der Waals surface area contributed by atoms with Crippen molar-refractivity contribution < 1.29 is 9.47 Å². The van der Waals surface area contributed by atoms with Crippen molar-refractivity contribution in [3.05, 3.63) is 52.8 Å². The molecule has 0 bridgehead atoms. The number of rotatable bonds is 5. The summed E-state index contributed by atoms with van der Waals surface area (Å²) >= 11 is 5.86. The fourth-order valence-corrected chi connectivity index (χ4v) is 1.81. The molecule has 0 fully saturated rings. The Hall–Kier alpha value is -1.58. The Morgan fingerprint density at radius 2 is 1.95 bits per heavy atom. The molecule has 2 rings (SSSR count). The van der Waals surface area contributed by atoms with Gasteiger partial charge in [-0.05, 0) is 31.0 Å². The largest absolute Gasteiger partial charge is 0.457 e. The Labute approximate surface area is 118 Å². The average Bonchev–Trinajstić information content (AvgIpc) is 2.42. The van der Waals surface area contributed by atoms with E-state index in [1.54, 1.807) is 19.4 Å². The monoisotopic (exact) mass is 277 g/mol. The lowest BCUT2D eigenvalue weighted by Crippen LogP contribution is -1.94. The predicted molar refractivity (Wildman–Crippen MR) is 76.1 cm³/mol. The smallest absolute Gasteiger partial charge is 0.134 e. The Kier molecular flexibility index (Phi) is 4.77. The van der Waals surface area contributed by atoms with Gasteiger partial charge in [0.1, 0.15) is 16.7 Å². The fraction of sp³-hybridized carbons (Fsp3) is 0.267. The van der Waals surface area contributed by atoms with Crippen molar-refractivity contribution in [2.45, 2.75) is 13.3 Å². The second kappa shape index (κ2) is 6.55. The molecular weight excluding hydrogens is 262 g/mol. The van der Waals surface area contributed by atoms with Crippen LogP contribution in [-0.2, 0) is 11.2 Å². The number of methoxy groups -OCH3 is 1. The number of hydrogen-bond acceptors (Lipinski definition) is 3. The number of benzene rings is 1. The van der Waals surface area contributed by atoms with Crippen LogP contribution in [0, 0.1) is 6.92 Å². The SMILES string of the molecule is COCCc1ccc(Oc2cc(Cl)ncc2C)cc1. The van der Waals surface area contributed by atoms with Gasteiger partial charge in [0.05, 0.1) is 6.61 Å². The third kappa shape index (κ3) is 3.94. The number of ether oxygens (including phenoxy) is 2. The molecule has 0 aliphatic heterocycles. The second-order valence-corrected chi connectivity index (χ2v) is 4.65. The molecule has 0 saturated carbocycles. The van der Waals surface area contributed by atoms with Crippen molar-refractivity contribution in [2.24, 2.45) is 0 Å². The minimum Gasteiger partial charge on any atom is -0.457 e. The topological polar surface area (TPSA) is 31.4 Å². The number of halogens is 1. The molecule has 1 aromatic carbocycles. The van der Waals surface area contributed by atoms with E-state index in [4.69, 9.17) is 21.1 Å². The highest BCUT2D eigenvalue weighted by atomic mass is 35.5. The molecule has 100 valence electrons. The number of pyridine rings is 1. The van der Waals surface area contributed by atoms with E-state index in [1.807, 2.05) is 31.2 Å². The third-order valence-corrected chi connectivity index (χ3v) is 2.97. The number of nitrogens with zero attached hydrogens (tertiary/aromatic N) is 1. The Morgan fingerprint density at radius 1 is 1.21 bits per heavy atom. The summed E-state index contributed by atoms with van der Waals surface area (Å²) in [6, 6.07) is 9.67. The molecule has 0 radical (unpaired) electrons. The predicted octanol–water partition coefficient (Wildman–Crippen LogP) is 4.02. The van der Waals surface area contributed by atoms with Gasteiger partial charge in [0.15, 0.2) is 0 Å². The summed E-state index contributed by atoms with van der Waals surface area (Å²) < 4.78 is 10.8. The van der Waals surface area contributed by atoms with Crippen LogP contribution < -0.4 is 4.74 Å². The van der Waals surface area contributed by atoms with Crippen molar-refractivity contribution in [3.8, 4) is 11.5 Å². The van der Waals surface area contributed by atoms with E-state index < -0.39 is 0 Å². The Balaban J connectivity index is 2.08. The first-order chi connectivity index (χ1) is 9.19. The lowest BCUT2D eigenvalue weighted by atomic mass is 10.1. The molecule has 1 heterocycles. The van der Waals surface area contributed by atoms with E-state index in [9.17, 15) is 0 Å². The summed E-state index contributed by atoms with van der Waals surface area (Å²) in [4.78, 5) is 4.00. The summed E-state index contributed by atoms with van der Waals surface area (Å²) in [6.07, 6.45) is 2.60. The Bertz CT molecular complexity index is 540. The van der Waals surface area contributed by atoms with Gasteiger partial charge in [-0.2, -0.15) is 0 Å². The van der Waals surface area contributed by atoms with Gasteiger partial charge in [-0.25, -0.2) is 4.98 Å². The maximum atomic E-state index is 5.86. The van der Waals surface area contributed by atoms with Crippen LogP contribution in [0.15, 0.2) is 36.5 Å². The highest BCUT2D eigenvalue weighted by Gasteiger charge is 2.03. The van der Waals surface area contributed by atoms with Crippen molar-refractivity contribution in [3.63, 3.8) is 0 Å². The van der Waals surface area contributed by atoms with Crippen molar-refractivity contribution in [2.75, 3.05) is 13.7 Å². The lowest BCUT2D eigenvalue weighted by Gasteiger charge is -2.09. The highest BCUT2D eigenvalue weighted by Crippen LogP contribution is 2.26. The average molecular weight is 278 g/mol. The zero-order chi connectivity index (χ0) is 13.7. The van der Waals surface area contributed by atoms with Gasteiger partial charge in [0, 0.05) is 24.9 Å². The van der Waals surface area contributed by atoms with E-state index in [0.717, 1.165) is 30.1 Å². The summed E-state index contributed by atoms with van der Waals surface area (Å²) in [5.74, 6) is 1.51. The molecule has 4 heteroatoms. The van der Waals surface area contributed by atoms with E-state index in [0.29, 0.717) is 5.15 Å². The van der Waals surface area contributed by atoms with Crippen LogP contribution in [0.4, 0.5) is 0 Å². The summed E-state index contributed by atoms with van der Waals surface area (Å²) in [5, 5.41) is 0.428. The van der Waals surface area contributed by atoms with Gasteiger partial charge in [-0.1, -0.05) is 23.7 Å². The summed E-state index contributed by atoms with van der Waals surface area (Å²) in [5.41, 5.74) is 2.17. The molecule has 2 aromatic rings. The van der Waals surface area contributed by atoms with Gasteiger partial charge in [-0.15, -0.1) is 0 Å². The highest BCUT2D eigenvalue weighted by molar-refractivity contribution is 6.29. The Morgan fingerprint density at radius 3 is 2.63 bits per heavy atom. The minimum atomic E-state index is 0.428. The number of aromatic nitrogens is 1. The number of hydrogen-bond donors (Lipinski definition) is 0. The van der Waals surface area contributed by atoms with Crippen LogP contribution in [0.25, 0.3) is 0 Å². The molecule has 0 spiro atoms. The molecule has 0 atom stereocenters. The van der Waals surface area contributed by atoms with E-state index in [1.165, 1.54) is 5.56 Å². The van der Waals surface area contributed by atoms with E-state index in [-0.39, 0.29) is 0 Å². The zero-order valence-electron chi connectivity index (χ0n) is 11.0. The maximum Gasteiger partial charge on any atom is 0.134 e. The third-order valence-electron chi connectivity index (χ3n) is 2.77. The molecule has 0 amide bonds. The molecule has 1 aromatic heterocycles. The first-order valence-corrected chi connectivity index (χ1v) is 6.44. The summed E-state index contributed by atoms with van der Waals surface area (Å²) in [6.45, 7) is 2.66. The van der Waals surface area contributed by atoms with E-state index in [2.05, 4.69) is 4.98 Å². The molecular formula is C15H16ClNO2. The van der Waals surface area contributed by atoms with Crippen molar-refractivity contribution in [1.29, 1.82) is 0 Å². The lowest BCUT2D eigenvalue weighted by molar-refractivity contribution is 0.202. The first kappa shape index (κ1) is 13.8. The molecule has 3 nitrogen and oxygen atoms in total. The zero-order valence-corrected chi connectivity index (χ0v) is 11.8. The van der Waals surface area contributed by atoms with Crippen LogP contribution >= 0.6 is 11.6 Å². The number of aryl methyl sites for hydroxylation is 1. The molecule has 0 aliphatic carbocycles. The minimum absolute atomic E-state index is 0.428. The molecule has 0 N–H and O–H groups in total. The second-order valence-electron chi connectivity index (χ2n) is 4.26. The van der Waals surface area contributed by atoms with Crippen LogP contribution in [0.2, 0.25) is 5.15 Å². The maximum absolute atomic E-state index is 5.86. The van der Waals surface area contributed by atoms with Crippen LogP contribution in [0.5, 0.6) is 11.5 Å². The molecule has 0 unspecified atom stereocenters. The normalized spacial score (nSPS) is 10.5. The summed E-state index contributed by atoms with van der Waals surface area (Å²) in [7, 11) is 1.70. The van der Waals surface area contributed by atoms with Gasteiger partial charge in [0.25, 0.3) is 0 Å². The molecule has 19 heavy (non-hydrogen) atoms.